The van der Waals surface area contributed by atoms with Gasteiger partial charge in [-0.25, -0.2) is 9.97 Å². The molecule has 0 spiro atoms. The van der Waals surface area contributed by atoms with E-state index in [0.29, 0.717) is 6.04 Å². The summed E-state index contributed by atoms with van der Waals surface area (Å²) in [4.78, 5) is 10.9. The minimum Gasteiger partial charge on any atom is -0.399 e. The third-order valence-corrected chi connectivity index (χ3v) is 3.73. The molecule has 0 atom stereocenters. The molecule has 2 aromatic rings. The zero-order valence-electron chi connectivity index (χ0n) is 12.1. The van der Waals surface area contributed by atoms with Crippen molar-refractivity contribution in [3.8, 4) is 0 Å². The largest absolute Gasteiger partial charge is 0.399 e. The molecular weight excluding hydrogens is 268 g/mol. The maximum Gasteiger partial charge on any atom is 0.133 e. The zero-order valence-corrected chi connectivity index (χ0v) is 12.9. The Labute approximate surface area is 124 Å². The average Bonchev–Trinajstić information content (AvgIpc) is 2.46. The summed E-state index contributed by atoms with van der Waals surface area (Å²) in [5.74, 6) is 0.955. The Morgan fingerprint density at radius 2 is 1.90 bits per heavy atom. The Balaban J connectivity index is 2.24. The fraction of sp³-hybridized carbons (Fsp3) is 0.333. The van der Waals surface area contributed by atoms with E-state index >= 15 is 0 Å². The molecule has 20 heavy (non-hydrogen) atoms. The Hall–Kier alpha value is -1.75. The quantitative estimate of drug-likeness (QED) is 0.520. The molecule has 1 aromatic heterocycles. The SMILES string of the molecule is CSc1cc(N(Cc2ccc(N)cc2)C(C)C)ncn1. The molecule has 0 aliphatic heterocycles. The summed E-state index contributed by atoms with van der Waals surface area (Å²) >= 11 is 1.63. The number of nitrogen functional groups attached to an aromatic ring is 1. The standard InChI is InChI=1S/C15H20N4S/c1-11(2)19(9-12-4-6-13(16)7-5-12)14-8-15(20-3)18-10-17-14/h4-8,10-11H,9,16H2,1-3H3. The van der Waals surface area contributed by atoms with Gasteiger partial charge in [-0.2, -0.15) is 0 Å². The lowest BCUT2D eigenvalue weighted by molar-refractivity contribution is 0.669. The first kappa shape index (κ1) is 14.7. The third kappa shape index (κ3) is 3.63. The lowest BCUT2D eigenvalue weighted by Crippen LogP contribution is -2.31. The Morgan fingerprint density at radius 3 is 2.50 bits per heavy atom. The van der Waals surface area contributed by atoms with Gasteiger partial charge in [0.2, 0.25) is 0 Å². The molecule has 2 N–H and O–H groups in total. The van der Waals surface area contributed by atoms with Crippen molar-refractivity contribution in [1.82, 2.24) is 9.97 Å². The molecule has 0 amide bonds. The first-order valence-electron chi connectivity index (χ1n) is 6.57. The summed E-state index contributed by atoms with van der Waals surface area (Å²) < 4.78 is 0. The molecule has 106 valence electrons. The highest BCUT2D eigenvalue weighted by Crippen LogP contribution is 2.21. The number of rotatable bonds is 5. The second-order valence-corrected chi connectivity index (χ2v) is 5.71. The van der Waals surface area contributed by atoms with Crippen molar-refractivity contribution in [2.75, 3.05) is 16.9 Å². The van der Waals surface area contributed by atoms with Gasteiger partial charge in [0.1, 0.15) is 17.2 Å². The van der Waals surface area contributed by atoms with Gasteiger partial charge in [-0.15, -0.1) is 11.8 Å². The van der Waals surface area contributed by atoms with Crippen LogP contribution < -0.4 is 10.6 Å². The van der Waals surface area contributed by atoms with E-state index in [1.807, 2.05) is 24.5 Å². The minimum absolute atomic E-state index is 0.358. The molecular formula is C15H20N4S. The second-order valence-electron chi connectivity index (χ2n) is 4.88. The van der Waals surface area contributed by atoms with Crippen LogP contribution in [0, 0.1) is 0 Å². The van der Waals surface area contributed by atoms with E-state index < -0.39 is 0 Å². The van der Waals surface area contributed by atoms with Crippen LogP contribution in [0.2, 0.25) is 0 Å². The van der Waals surface area contributed by atoms with Crippen molar-refractivity contribution < 1.29 is 0 Å². The fourth-order valence-corrected chi connectivity index (χ4v) is 2.32. The first-order chi connectivity index (χ1) is 9.60. The van der Waals surface area contributed by atoms with Crippen molar-refractivity contribution in [1.29, 1.82) is 0 Å². The van der Waals surface area contributed by atoms with Crippen LogP contribution in [-0.4, -0.2) is 22.3 Å². The number of nitrogens with two attached hydrogens (primary N) is 1. The number of hydrogen-bond donors (Lipinski definition) is 1. The maximum absolute atomic E-state index is 5.73. The third-order valence-electron chi connectivity index (χ3n) is 3.09. The molecule has 5 heteroatoms. The van der Waals surface area contributed by atoms with E-state index in [1.165, 1.54) is 5.56 Å². The summed E-state index contributed by atoms with van der Waals surface area (Å²) in [6.07, 6.45) is 3.64. The minimum atomic E-state index is 0.358. The summed E-state index contributed by atoms with van der Waals surface area (Å²) in [7, 11) is 0. The van der Waals surface area contributed by atoms with Crippen LogP contribution in [0.15, 0.2) is 41.7 Å². The van der Waals surface area contributed by atoms with Crippen molar-refractivity contribution in [3.05, 3.63) is 42.2 Å². The topological polar surface area (TPSA) is 55.0 Å². The van der Waals surface area contributed by atoms with Crippen LogP contribution >= 0.6 is 11.8 Å². The monoisotopic (exact) mass is 288 g/mol. The van der Waals surface area contributed by atoms with Crippen LogP contribution in [0.4, 0.5) is 11.5 Å². The van der Waals surface area contributed by atoms with E-state index in [2.05, 4.69) is 40.8 Å². The van der Waals surface area contributed by atoms with Gasteiger partial charge in [-0.3, -0.25) is 0 Å². The number of anilines is 2. The van der Waals surface area contributed by atoms with Gasteiger partial charge in [-0.05, 0) is 37.8 Å². The van der Waals surface area contributed by atoms with Crippen LogP contribution in [0.1, 0.15) is 19.4 Å². The number of nitrogens with zero attached hydrogens (tertiary/aromatic N) is 3. The predicted molar refractivity (Wildman–Crippen MR) is 86.0 cm³/mol. The van der Waals surface area contributed by atoms with Crippen LogP contribution in [0.25, 0.3) is 0 Å². The van der Waals surface area contributed by atoms with Crippen LogP contribution in [0.3, 0.4) is 0 Å². The van der Waals surface area contributed by atoms with Crippen molar-refractivity contribution in [2.45, 2.75) is 31.5 Å². The molecule has 0 radical (unpaired) electrons. The van der Waals surface area contributed by atoms with Crippen molar-refractivity contribution >= 4 is 23.3 Å². The van der Waals surface area contributed by atoms with E-state index in [1.54, 1.807) is 18.1 Å². The summed E-state index contributed by atoms with van der Waals surface area (Å²) in [6.45, 7) is 5.14. The first-order valence-corrected chi connectivity index (χ1v) is 7.79. The molecule has 0 aliphatic carbocycles. The smallest absolute Gasteiger partial charge is 0.133 e. The highest BCUT2D eigenvalue weighted by molar-refractivity contribution is 7.98. The lowest BCUT2D eigenvalue weighted by atomic mass is 10.1. The molecule has 0 fully saturated rings. The Bertz CT molecular complexity index is 554. The molecule has 1 aromatic carbocycles. The lowest BCUT2D eigenvalue weighted by Gasteiger charge is -2.28. The maximum atomic E-state index is 5.73. The number of thioether (sulfide) groups is 1. The van der Waals surface area contributed by atoms with Gasteiger partial charge < -0.3 is 10.6 Å². The molecule has 0 saturated carbocycles. The van der Waals surface area contributed by atoms with E-state index in [4.69, 9.17) is 5.73 Å². The Morgan fingerprint density at radius 1 is 1.20 bits per heavy atom. The predicted octanol–water partition coefficient (Wildman–Crippen LogP) is 3.20. The summed E-state index contributed by atoms with van der Waals surface area (Å²) in [5, 5.41) is 0.984. The molecule has 1 heterocycles. The van der Waals surface area contributed by atoms with Crippen LogP contribution in [0.5, 0.6) is 0 Å². The van der Waals surface area contributed by atoms with Gasteiger partial charge in [-0.1, -0.05) is 12.1 Å². The number of hydrogen-bond acceptors (Lipinski definition) is 5. The van der Waals surface area contributed by atoms with Gasteiger partial charge in [0, 0.05) is 24.3 Å². The highest BCUT2D eigenvalue weighted by atomic mass is 32.2. The summed E-state index contributed by atoms with van der Waals surface area (Å²) in [6, 6.07) is 10.4. The molecule has 4 nitrogen and oxygen atoms in total. The molecule has 0 unspecified atom stereocenters. The van der Waals surface area contributed by atoms with Gasteiger partial charge >= 0.3 is 0 Å². The molecule has 0 aliphatic rings. The average molecular weight is 288 g/mol. The normalized spacial score (nSPS) is 10.8. The highest BCUT2D eigenvalue weighted by Gasteiger charge is 2.13. The molecule has 0 saturated heterocycles. The number of aromatic nitrogens is 2. The molecule has 0 bridgehead atoms. The fourth-order valence-electron chi connectivity index (χ4n) is 1.95. The second kappa shape index (κ2) is 6.61. The van der Waals surface area contributed by atoms with Crippen molar-refractivity contribution in [2.24, 2.45) is 0 Å². The van der Waals surface area contributed by atoms with E-state index in [9.17, 15) is 0 Å². The van der Waals surface area contributed by atoms with Gasteiger partial charge in [0.05, 0.1) is 0 Å². The zero-order chi connectivity index (χ0) is 14.5. The van der Waals surface area contributed by atoms with Crippen LogP contribution in [-0.2, 0) is 6.54 Å². The summed E-state index contributed by atoms with van der Waals surface area (Å²) in [5.41, 5.74) is 7.74. The van der Waals surface area contributed by atoms with Gasteiger partial charge in [0.15, 0.2) is 0 Å². The van der Waals surface area contributed by atoms with Gasteiger partial charge in [0.25, 0.3) is 0 Å². The number of benzene rings is 1. The molecule has 2 rings (SSSR count). The Kier molecular flexibility index (Phi) is 4.84. The van der Waals surface area contributed by atoms with E-state index in [0.717, 1.165) is 23.1 Å². The van der Waals surface area contributed by atoms with E-state index in [-0.39, 0.29) is 0 Å². The van der Waals surface area contributed by atoms with Crippen molar-refractivity contribution in [3.63, 3.8) is 0 Å².